The summed E-state index contributed by atoms with van der Waals surface area (Å²) in [6.45, 7) is 3.40. The van der Waals surface area contributed by atoms with Crippen molar-refractivity contribution in [3.63, 3.8) is 0 Å². The first kappa shape index (κ1) is 11.6. The van der Waals surface area contributed by atoms with Crippen molar-refractivity contribution >= 4 is 27.3 Å². The third kappa shape index (κ3) is 3.33. The molecule has 0 bridgehead atoms. The van der Waals surface area contributed by atoms with Crippen LogP contribution >= 0.6 is 27.3 Å². The standard InChI is InChI=1S/C10H12BrNOS/c1-3-4-5-12-7-8-6-9(11)10(13-2)14-8/h6,12H,5,7H2,1-2H3. The molecule has 0 amide bonds. The Hall–Kier alpha value is -0.500. The molecule has 1 aromatic heterocycles. The van der Waals surface area contributed by atoms with Crippen LogP contribution in [-0.4, -0.2) is 13.7 Å². The first-order chi connectivity index (χ1) is 6.77. The average Bonchev–Trinajstić information content (AvgIpc) is 2.54. The Kier molecular flexibility index (Phi) is 5.02. The zero-order chi connectivity index (χ0) is 10.4. The van der Waals surface area contributed by atoms with Crippen molar-refractivity contribution in [3.8, 4) is 16.9 Å². The van der Waals surface area contributed by atoms with Crippen molar-refractivity contribution in [1.82, 2.24) is 5.32 Å². The molecule has 0 spiro atoms. The molecule has 0 saturated carbocycles. The van der Waals surface area contributed by atoms with Crippen molar-refractivity contribution in [2.75, 3.05) is 13.7 Å². The van der Waals surface area contributed by atoms with E-state index in [1.165, 1.54) is 4.88 Å². The maximum absolute atomic E-state index is 5.17. The minimum absolute atomic E-state index is 0.730. The predicted molar refractivity (Wildman–Crippen MR) is 63.7 cm³/mol. The molecule has 0 aromatic carbocycles. The van der Waals surface area contributed by atoms with Crippen LogP contribution in [-0.2, 0) is 6.54 Å². The summed E-state index contributed by atoms with van der Waals surface area (Å²) in [7, 11) is 1.68. The van der Waals surface area contributed by atoms with E-state index in [1.54, 1.807) is 18.4 Å². The van der Waals surface area contributed by atoms with Gasteiger partial charge in [0.2, 0.25) is 0 Å². The number of hydrogen-bond donors (Lipinski definition) is 1. The summed E-state index contributed by atoms with van der Waals surface area (Å²) in [5, 5.41) is 4.15. The van der Waals surface area contributed by atoms with E-state index in [4.69, 9.17) is 4.74 Å². The molecular weight excluding hydrogens is 262 g/mol. The minimum Gasteiger partial charge on any atom is -0.486 e. The lowest BCUT2D eigenvalue weighted by molar-refractivity contribution is 0.425. The van der Waals surface area contributed by atoms with Gasteiger partial charge in [-0.2, -0.15) is 0 Å². The topological polar surface area (TPSA) is 21.3 Å². The Balaban J connectivity index is 2.45. The molecule has 1 heterocycles. The van der Waals surface area contributed by atoms with E-state index in [9.17, 15) is 0 Å². The SMILES string of the molecule is CC#CCNCc1cc(Br)c(OC)s1. The van der Waals surface area contributed by atoms with Crippen molar-refractivity contribution in [2.24, 2.45) is 0 Å². The maximum Gasteiger partial charge on any atom is 0.188 e. The molecular formula is C10H12BrNOS. The molecule has 0 radical (unpaired) electrons. The number of methoxy groups -OCH3 is 1. The third-order valence-corrected chi connectivity index (χ3v) is 3.53. The quantitative estimate of drug-likeness (QED) is 0.673. The second-order valence-corrected chi connectivity index (χ2v) is 4.54. The van der Waals surface area contributed by atoms with Gasteiger partial charge in [0.1, 0.15) is 0 Å². The Morgan fingerprint density at radius 3 is 3.00 bits per heavy atom. The molecule has 2 nitrogen and oxygen atoms in total. The van der Waals surface area contributed by atoms with Gasteiger partial charge < -0.3 is 10.1 Å². The summed E-state index contributed by atoms with van der Waals surface area (Å²) in [6.07, 6.45) is 0. The van der Waals surface area contributed by atoms with Gasteiger partial charge >= 0.3 is 0 Å². The minimum atomic E-state index is 0.730. The van der Waals surface area contributed by atoms with Crippen molar-refractivity contribution in [1.29, 1.82) is 0 Å². The fourth-order valence-corrected chi connectivity index (χ4v) is 2.62. The predicted octanol–water partition coefficient (Wildman–Crippen LogP) is 2.63. The first-order valence-corrected chi connectivity index (χ1v) is 5.81. The highest BCUT2D eigenvalue weighted by Gasteiger charge is 2.05. The summed E-state index contributed by atoms with van der Waals surface area (Å²) in [4.78, 5) is 1.24. The Bertz CT molecular complexity index is 351. The summed E-state index contributed by atoms with van der Waals surface area (Å²) < 4.78 is 6.19. The molecule has 0 aliphatic rings. The molecule has 76 valence electrons. The van der Waals surface area contributed by atoms with Gasteiger partial charge in [0.25, 0.3) is 0 Å². The van der Waals surface area contributed by atoms with Crippen molar-refractivity contribution in [3.05, 3.63) is 15.4 Å². The fourth-order valence-electron chi connectivity index (χ4n) is 0.960. The van der Waals surface area contributed by atoms with Crippen LogP contribution < -0.4 is 10.1 Å². The van der Waals surface area contributed by atoms with Gasteiger partial charge in [-0.1, -0.05) is 5.92 Å². The van der Waals surface area contributed by atoms with Crippen molar-refractivity contribution < 1.29 is 4.74 Å². The Morgan fingerprint density at radius 2 is 2.43 bits per heavy atom. The number of ether oxygens (including phenoxy) is 1. The van der Waals surface area contributed by atoms with Crippen LogP contribution in [0.3, 0.4) is 0 Å². The Labute approximate surface area is 96.8 Å². The van der Waals surface area contributed by atoms with Crippen LogP contribution in [0.4, 0.5) is 0 Å². The second kappa shape index (κ2) is 6.07. The van der Waals surface area contributed by atoms with E-state index in [-0.39, 0.29) is 0 Å². The number of rotatable bonds is 4. The zero-order valence-corrected chi connectivity index (χ0v) is 10.6. The third-order valence-electron chi connectivity index (χ3n) is 1.58. The van der Waals surface area contributed by atoms with Gasteiger partial charge in [-0.3, -0.25) is 0 Å². The van der Waals surface area contributed by atoms with Gasteiger partial charge in [-0.05, 0) is 28.9 Å². The smallest absolute Gasteiger partial charge is 0.188 e. The molecule has 0 saturated heterocycles. The van der Waals surface area contributed by atoms with E-state index in [0.717, 1.165) is 22.6 Å². The molecule has 0 unspecified atom stereocenters. The lowest BCUT2D eigenvalue weighted by Crippen LogP contribution is -2.11. The number of hydrogen-bond acceptors (Lipinski definition) is 3. The van der Waals surface area contributed by atoms with E-state index >= 15 is 0 Å². The highest BCUT2D eigenvalue weighted by molar-refractivity contribution is 9.10. The lowest BCUT2D eigenvalue weighted by Gasteiger charge is -1.95. The van der Waals surface area contributed by atoms with Gasteiger partial charge in [-0.25, -0.2) is 0 Å². The number of thiophene rings is 1. The highest BCUT2D eigenvalue weighted by atomic mass is 79.9. The van der Waals surface area contributed by atoms with Gasteiger partial charge in [-0.15, -0.1) is 17.3 Å². The zero-order valence-electron chi connectivity index (χ0n) is 8.19. The summed E-state index contributed by atoms with van der Waals surface area (Å²) >= 11 is 5.07. The van der Waals surface area contributed by atoms with Crippen LogP contribution in [0.15, 0.2) is 10.5 Å². The molecule has 1 N–H and O–H groups in total. The van der Waals surface area contributed by atoms with Crippen LogP contribution in [0.1, 0.15) is 11.8 Å². The summed E-state index contributed by atoms with van der Waals surface area (Å²) in [5.74, 6) is 5.79. The van der Waals surface area contributed by atoms with E-state index < -0.39 is 0 Å². The van der Waals surface area contributed by atoms with Crippen LogP contribution in [0, 0.1) is 11.8 Å². The van der Waals surface area contributed by atoms with E-state index in [2.05, 4.69) is 39.2 Å². The number of halogens is 1. The van der Waals surface area contributed by atoms with E-state index in [0.29, 0.717) is 0 Å². The fraction of sp³-hybridized carbons (Fsp3) is 0.400. The van der Waals surface area contributed by atoms with Gasteiger partial charge in [0, 0.05) is 11.4 Å². The maximum atomic E-state index is 5.17. The van der Waals surface area contributed by atoms with Gasteiger partial charge in [0.05, 0.1) is 18.1 Å². The van der Waals surface area contributed by atoms with Crippen LogP contribution in [0.2, 0.25) is 0 Å². The normalized spacial score (nSPS) is 9.36. The molecule has 1 rings (SSSR count). The molecule has 0 aliphatic carbocycles. The largest absolute Gasteiger partial charge is 0.486 e. The summed E-state index contributed by atoms with van der Waals surface area (Å²) in [5.41, 5.74) is 0. The second-order valence-electron chi connectivity index (χ2n) is 2.58. The molecule has 0 aliphatic heterocycles. The highest BCUT2D eigenvalue weighted by Crippen LogP contribution is 2.34. The monoisotopic (exact) mass is 273 g/mol. The van der Waals surface area contributed by atoms with Crippen molar-refractivity contribution in [2.45, 2.75) is 13.5 Å². The van der Waals surface area contributed by atoms with E-state index in [1.807, 2.05) is 6.92 Å². The molecule has 0 fully saturated rings. The van der Waals surface area contributed by atoms with Gasteiger partial charge in [0.15, 0.2) is 5.06 Å². The lowest BCUT2D eigenvalue weighted by atomic mass is 10.4. The number of nitrogens with one attached hydrogen (secondary N) is 1. The van der Waals surface area contributed by atoms with Crippen LogP contribution in [0.5, 0.6) is 5.06 Å². The van der Waals surface area contributed by atoms with Crippen LogP contribution in [0.25, 0.3) is 0 Å². The molecule has 1 aromatic rings. The average molecular weight is 274 g/mol. The first-order valence-electron chi connectivity index (χ1n) is 4.20. The molecule has 0 atom stereocenters. The molecule has 14 heavy (non-hydrogen) atoms. The summed E-state index contributed by atoms with van der Waals surface area (Å²) in [6, 6.07) is 2.07. The Morgan fingerprint density at radius 1 is 1.64 bits per heavy atom. The molecule has 4 heteroatoms.